The summed E-state index contributed by atoms with van der Waals surface area (Å²) < 4.78 is 5.31. The average molecular weight is 364 g/mol. The number of ether oxygens (including phenoxy) is 1. The zero-order chi connectivity index (χ0) is 14.7. The van der Waals surface area contributed by atoms with Gasteiger partial charge in [0.2, 0.25) is 0 Å². The molecule has 1 fully saturated rings. The number of carbonyl (C=O) groups excluding carboxylic acids is 1. The third-order valence-electron chi connectivity index (χ3n) is 3.05. The van der Waals surface area contributed by atoms with E-state index < -0.39 is 10.8 Å². The first-order valence-electron chi connectivity index (χ1n) is 5.93. The number of halogens is 2. The number of amides is 1. The third kappa shape index (κ3) is 3.11. The Morgan fingerprint density at radius 2 is 2.35 bits per heavy atom. The number of nitrogens with zero attached hydrogens (tertiary/aromatic N) is 2. The Morgan fingerprint density at radius 3 is 3.00 bits per heavy atom. The minimum Gasteiger partial charge on any atom is -0.377 e. The Hall–Kier alpha value is -1.18. The maximum absolute atomic E-state index is 12.5. The first-order chi connectivity index (χ1) is 9.54. The van der Waals surface area contributed by atoms with Gasteiger partial charge in [-0.3, -0.25) is 14.9 Å². The number of hydrogen-bond acceptors (Lipinski definition) is 4. The topological polar surface area (TPSA) is 72.7 Å². The van der Waals surface area contributed by atoms with Gasteiger partial charge in [-0.05, 0) is 12.1 Å². The monoisotopic (exact) mass is 362 g/mol. The molecule has 6 nitrogen and oxygen atoms in total. The summed E-state index contributed by atoms with van der Waals surface area (Å²) in [6.45, 7) is 1.23. The molecule has 1 amide bonds. The lowest BCUT2D eigenvalue weighted by Crippen LogP contribution is -2.49. The molecule has 0 aliphatic carbocycles. The normalized spacial score (nSPS) is 18.9. The first-order valence-corrected chi connectivity index (χ1v) is 7.43. The number of benzene rings is 1. The number of hydrogen-bond donors (Lipinski definition) is 0. The Balaban J connectivity index is 2.36. The van der Waals surface area contributed by atoms with Crippen LogP contribution in [0.25, 0.3) is 0 Å². The molecule has 1 unspecified atom stereocenters. The van der Waals surface area contributed by atoms with Crippen molar-refractivity contribution in [2.45, 2.75) is 6.04 Å². The highest BCUT2D eigenvalue weighted by Crippen LogP contribution is 2.25. The summed E-state index contributed by atoms with van der Waals surface area (Å²) in [6.07, 6.45) is 0. The van der Waals surface area contributed by atoms with Crippen LogP contribution < -0.4 is 0 Å². The summed E-state index contributed by atoms with van der Waals surface area (Å²) in [7, 11) is 0. The van der Waals surface area contributed by atoms with Crippen LogP contribution in [0.2, 0.25) is 5.02 Å². The Morgan fingerprint density at radius 1 is 1.60 bits per heavy atom. The molecular weight excluding hydrogens is 351 g/mol. The second-order valence-corrected chi connectivity index (χ2v) is 5.38. The van der Waals surface area contributed by atoms with E-state index in [1.165, 1.54) is 18.2 Å². The fourth-order valence-corrected chi connectivity index (χ4v) is 2.75. The third-order valence-corrected chi connectivity index (χ3v) is 4.03. The number of morpholine rings is 1. The summed E-state index contributed by atoms with van der Waals surface area (Å²) >= 11 is 9.17. The van der Waals surface area contributed by atoms with Gasteiger partial charge < -0.3 is 9.64 Å². The number of carbonyl (C=O) groups is 1. The molecule has 8 heteroatoms. The summed E-state index contributed by atoms with van der Waals surface area (Å²) in [5.74, 6) is -0.396. The molecule has 1 aromatic rings. The van der Waals surface area contributed by atoms with Gasteiger partial charge >= 0.3 is 0 Å². The van der Waals surface area contributed by atoms with E-state index in [1.54, 1.807) is 4.90 Å². The lowest BCUT2D eigenvalue weighted by Gasteiger charge is -2.34. The fraction of sp³-hybridized carbons (Fsp3) is 0.417. The lowest BCUT2D eigenvalue weighted by atomic mass is 10.1. The standard InChI is InChI=1S/C12H12BrClN2O4/c13-6-9-7-20-4-3-15(9)12(17)10-5-8(14)1-2-11(10)16(18)19/h1-2,5,9H,3-4,6-7H2. The molecule has 1 aromatic carbocycles. The summed E-state index contributed by atoms with van der Waals surface area (Å²) in [6, 6.07) is 3.84. The van der Waals surface area contributed by atoms with Crippen LogP contribution in [0.5, 0.6) is 0 Å². The summed E-state index contributed by atoms with van der Waals surface area (Å²) in [5, 5.41) is 11.9. The van der Waals surface area contributed by atoms with Crippen molar-refractivity contribution in [1.82, 2.24) is 4.90 Å². The van der Waals surface area contributed by atoms with Crippen LogP contribution in [0.4, 0.5) is 5.69 Å². The maximum atomic E-state index is 12.5. The Labute approximate surface area is 128 Å². The Kier molecular flexibility index (Phi) is 4.95. The average Bonchev–Trinajstić information content (AvgIpc) is 2.46. The van der Waals surface area contributed by atoms with E-state index in [9.17, 15) is 14.9 Å². The second-order valence-electron chi connectivity index (χ2n) is 4.30. The number of alkyl halides is 1. The zero-order valence-corrected chi connectivity index (χ0v) is 12.8. The predicted molar refractivity (Wildman–Crippen MR) is 77.5 cm³/mol. The van der Waals surface area contributed by atoms with Crippen LogP contribution in [-0.4, -0.2) is 46.9 Å². The van der Waals surface area contributed by atoms with E-state index in [0.29, 0.717) is 30.1 Å². The van der Waals surface area contributed by atoms with Crippen LogP contribution in [0.1, 0.15) is 10.4 Å². The molecule has 0 radical (unpaired) electrons. The fourth-order valence-electron chi connectivity index (χ4n) is 2.04. The highest BCUT2D eigenvalue weighted by molar-refractivity contribution is 9.09. The van der Waals surface area contributed by atoms with Crippen molar-refractivity contribution in [2.24, 2.45) is 0 Å². The quantitative estimate of drug-likeness (QED) is 0.470. The SMILES string of the molecule is O=C(c1cc(Cl)ccc1[N+](=O)[O-])N1CCOCC1CBr. The summed E-state index contributed by atoms with van der Waals surface area (Å²) in [5.41, 5.74) is -0.227. The van der Waals surface area contributed by atoms with Gasteiger partial charge in [0.25, 0.3) is 11.6 Å². The van der Waals surface area contributed by atoms with Crippen LogP contribution in [0.3, 0.4) is 0 Å². The van der Waals surface area contributed by atoms with Gasteiger partial charge in [-0.1, -0.05) is 27.5 Å². The van der Waals surface area contributed by atoms with Crippen molar-refractivity contribution >= 4 is 39.1 Å². The molecule has 1 saturated heterocycles. The smallest absolute Gasteiger partial charge is 0.282 e. The van der Waals surface area contributed by atoms with Crippen molar-refractivity contribution in [3.8, 4) is 0 Å². The predicted octanol–water partition coefficient (Wildman–Crippen LogP) is 2.48. The van der Waals surface area contributed by atoms with Crippen LogP contribution in [-0.2, 0) is 4.74 Å². The zero-order valence-electron chi connectivity index (χ0n) is 10.4. The van der Waals surface area contributed by atoms with Crippen LogP contribution >= 0.6 is 27.5 Å². The molecule has 1 atom stereocenters. The number of nitro groups is 1. The molecule has 0 N–H and O–H groups in total. The molecule has 0 bridgehead atoms. The van der Waals surface area contributed by atoms with Crippen molar-refractivity contribution in [3.63, 3.8) is 0 Å². The van der Waals surface area contributed by atoms with Gasteiger partial charge in [0.15, 0.2) is 0 Å². The maximum Gasteiger partial charge on any atom is 0.282 e. The van der Waals surface area contributed by atoms with Crippen molar-refractivity contribution in [1.29, 1.82) is 0 Å². The van der Waals surface area contributed by atoms with E-state index in [0.717, 1.165) is 0 Å². The van der Waals surface area contributed by atoms with E-state index in [1.807, 2.05) is 0 Å². The molecule has 0 aromatic heterocycles. The highest BCUT2D eigenvalue weighted by Gasteiger charge is 2.31. The molecule has 2 rings (SSSR count). The largest absolute Gasteiger partial charge is 0.377 e. The van der Waals surface area contributed by atoms with Gasteiger partial charge in [-0.15, -0.1) is 0 Å². The Bertz CT molecular complexity index is 540. The molecule has 1 heterocycles. The van der Waals surface area contributed by atoms with E-state index in [-0.39, 0.29) is 17.3 Å². The molecule has 0 saturated carbocycles. The van der Waals surface area contributed by atoms with Gasteiger partial charge in [0.1, 0.15) is 5.56 Å². The van der Waals surface area contributed by atoms with E-state index >= 15 is 0 Å². The highest BCUT2D eigenvalue weighted by atomic mass is 79.9. The molecule has 1 aliphatic heterocycles. The van der Waals surface area contributed by atoms with Crippen molar-refractivity contribution < 1.29 is 14.5 Å². The molecular formula is C12H12BrClN2O4. The molecule has 1 aliphatic rings. The van der Waals surface area contributed by atoms with Crippen molar-refractivity contribution in [3.05, 3.63) is 38.9 Å². The summed E-state index contributed by atoms with van der Waals surface area (Å²) in [4.78, 5) is 24.6. The number of nitro benzene ring substituents is 1. The van der Waals surface area contributed by atoms with Gasteiger partial charge in [0.05, 0.1) is 24.2 Å². The van der Waals surface area contributed by atoms with Gasteiger partial charge in [-0.25, -0.2) is 0 Å². The van der Waals surface area contributed by atoms with E-state index in [4.69, 9.17) is 16.3 Å². The molecule has 0 spiro atoms. The van der Waals surface area contributed by atoms with Crippen LogP contribution in [0, 0.1) is 10.1 Å². The lowest BCUT2D eigenvalue weighted by molar-refractivity contribution is -0.385. The van der Waals surface area contributed by atoms with Gasteiger partial charge in [-0.2, -0.15) is 0 Å². The minimum atomic E-state index is -0.576. The minimum absolute atomic E-state index is 0.00958. The van der Waals surface area contributed by atoms with E-state index in [2.05, 4.69) is 15.9 Å². The first kappa shape index (κ1) is 15.2. The number of rotatable bonds is 3. The van der Waals surface area contributed by atoms with Gasteiger partial charge in [0, 0.05) is 23.0 Å². The second kappa shape index (κ2) is 6.51. The molecule has 108 valence electrons. The van der Waals surface area contributed by atoms with Crippen molar-refractivity contribution in [2.75, 3.05) is 25.1 Å². The molecule has 20 heavy (non-hydrogen) atoms. The van der Waals surface area contributed by atoms with Crippen LogP contribution in [0.15, 0.2) is 18.2 Å².